The minimum Gasteiger partial charge on any atom is -0.456 e. The van der Waals surface area contributed by atoms with Gasteiger partial charge in [-0.1, -0.05) is 121 Å². The van der Waals surface area contributed by atoms with Crippen molar-refractivity contribution in [3.05, 3.63) is 164 Å². The van der Waals surface area contributed by atoms with E-state index in [2.05, 4.69) is 150 Å². The van der Waals surface area contributed by atoms with Crippen molar-refractivity contribution < 1.29 is 4.42 Å². The van der Waals surface area contributed by atoms with Crippen LogP contribution < -0.4 is 0 Å². The van der Waals surface area contributed by atoms with E-state index in [9.17, 15) is 0 Å². The fourth-order valence-corrected chi connectivity index (χ4v) is 7.95. The van der Waals surface area contributed by atoms with E-state index in [1.807, 2.05) is 18.2 Å². The van der Waals surface area contributed by atoms with Crippen LogP contribution in [-0.2, 0) is 0 Å². The number of hydrogen-bond acceptors (Lipinski definition) is 3. The van der Waals surface area contributed by atoms with Crippen LogP contribution in [0.3, 0.4) is 0 Å². The zero-order valence-electron chi connectivity index (χ0n) is 26.8. The molecule has 0 unspecified atom stereocenters. The highest BCUT2D eigenvalue weighted by atomic mass is 16.3. The number of benzene rings is 7. The number of furan rings is 1. The van der Waals surface area contributed by atoms with Gasteiger partial charge in [-0.2, -0.15) is 0 Å². The Morgan fingerprint density at radius 1 is 0.400 bits per heavy atom. The number of aromatic nitrogens is 3. The maximum Gasteiger partial charge on any atom is 0.160 e. The van der Waals surface area contributed by atoms with E-state index in [-0.39, 0.29) is 0 Å². The number of para-hydroxylation sites is 3. The van der Waals surface area contributed by atoms with Crippen molar-refractivity contribution in [2.45, 2.75) is 0 Å². The summed E-state index contributed by atoms with van der Waals surface area (Å²) in [5, 5.41) is 8.10. The largest absolute Gasteiger partial charge is 0.456 e. The van der Waals surface area contributed by atoms with Gasteiger partial charge in [-0.15, -0.1) is 0 Å². The third-order valence-corrected chi connectivity index (χ3v) is 10.2. The predicted octanol–water partition coefficient (Wildman–Crippen LogP) is 12.2. The Morgan fingerprint density at radius 3 is 1.96 bits per heavy atom. The molecule has 0 saturated carbocycles. The molecule has 11 aromatic rings. The Bertz CT molecular complexity index is 3150. The molecule has 4 heteroatoms. The zero-order chi connectivity index (χ0) is 32.8. The van der Waals surface area contributed by atoms with Crippen LogP contribution in [0, 0.1) is 0 Å². The lowest BCUT2D eigenvalue weighted by Crippen LogP contribution is -1.96. The Labute approximate surface area is 286 Å². The highest BCUT2D eigenvalue weighted by molar-refractivity contribution is 6.22. The van der Waals surface area contributed by atoms with Crippen LogP contribution in [0.15, 0.2) is 168 Å². The van der Waals surface area contributed by atoms with Gasteiger partial charge in [0, 0.05) is 49.0 Å². The van der Waals surface area contributed by atoms with Gasteiger partial charge in [0.1, 0.15) is 11.2 Å². The van der Waals surface area contributed by atoms with Crippen molar-refractivity contribution >= 4 is 70.9 Å². The third kappa shape index (κ3) is 3.87. The van der Waals surface area contributed by atoms with E-state index >= 15 is 0 Å². The van der Waals surface area contributed by atoms with Crippen LogP contribution in [0.2, 0.25) is 0 Å². The van der Waals surface area contributed by atoms with E-state index in [0.717, 1.165) is 55.2 Å². The SMILES string of the molecule is c1ccc(-c2c3ccc(-c4nc(-c5ccc6oc7ccccc7c6c5)c5ccccc5n4)cc3n3c4ccccc4c4ccccc4c23)cc1. The smallest absolute Gasteiger partial charge is 0.160 e. The lowest BCUT2D eigenvalue weighted by molar-refractivity contribution is 0.669. The number of pyridine rings is 1. The molecular weight excluding hydrogens is 611 g/mol. The quantitative estimate of drug-likeness (QED) is 0.181. The summed E-state index contributed by atoms with van der Waals surface area (Å²) in [5.41, 5.74) is 11.5. The molecule has 0 N–H and O–H groups in total. The van der Waals surface area contributed by atoms with Gasteiger partial charge in [-0.05, 0) is 53.4 Å². The average molecular weight is 638 g/mol. The lowest BCUT2D eigenvalue weighted by Gasteiger charge is -2.12. The monoisotopic (exact) mass is 637 g/mol. The summed E-state index contributed by atoms with van der Waals surface area (Å²) in [7, 11) is 0. The molecule has 0 aliphatic rings. The highest BCUT2D eigenvalue weighted by Crippen LogP contribution is 2.43. The van der Waals surface area contributed by atoms with E-state index < -0.39 is 0 Å². The van der Waals surface area contributed by atoms with Gasteiger partial charge in [0.25, 0.3) is 0 Å². The molecule has 0 saturated heterocycles. The van der Waals surface area contributed by atoms with Crippen LogP contribution in [0.1, 0.15) is 0 Å². The first kappa shape index (κ1) is 27.2. The molecule has 4 nitrogen and oxygen atoms in total. The van der Waals surface area contributed by atoms with Crippen LogP contribution in [0.25, 0.3) is 105 Å². The van der Waals surface area contributed by atoms with Crippen molar-refractivity contribution in [2.75, 3.05) is 0 Å². The summed E-state index contributed by atoms with van der Waals surface area (Å²) in [6, 6.07) is 57.8. The summed E-state index contributed by atoms with van der Waals surface area (Å²) in [4.78, 5) is 10.5. The molecule has 0 aliphatic heterocycles. The second-order valence-electron chi connectivity index (χ2n) is 12.9. The molecule has 0 fully saturated rings. The van der Waals surface area contributed by atoms with Gasteiger partial charge in [0.15, 0.2) is 5.82 Å². The van der Waals surface area contributed by atoms with E-state index in [1.165, 1.54) is 43.7 Å². The summed E-state index contributed by atoms with van der Waals surface area (Å²) < 4.78 is 8.60. The fourth-order valence-electron chi connectivity index (χ4n) is 7.95. The van der Waals surface area contributed by atoms with Crippen LogP contribution in [0.5, 0.6) is 0 Å². The van der Waals surface area contributed by atoms with Crippen LogP contribution >= 0.6 is 0 Å². The van der Waals surface area contributed by atoms with Crippen LogP contribution in [0.4, 0.5) is 0 Å². The summed E-state index contributed by atoms with van der Waals surface area (Å²) in [6.07, 6.45) is 0. The second kappa shape index (κ2) is 10.4. The molecule has 7 aromatic carbocycles. The second-order valence-corrected chi connectivity index (χ2v) is 12.9. The maximum absolute atomic E-state index is 6.16. The molecule has 0 radical (unpaired) electrons. The van der Waals surface area contributed by atoms with Gasteiger partial charge in [0.2, 0.25) is 0 Å². The molecular formula is C46H27N3O. The number of fused-ring (bicyclic) bond motifs is 12. The molecule has 0 atom stereocenters. The molecule has 0 bridgehead atoms. The van der Waals surface area contributed by atoms with Crippen molar-refractivity contribution in [2.24, 2.45) is 0 Å². The van der Waals surface area contributed by atoms with E-state index in [1.54, 1.807) is 0 Å². The van der Waals surface area contributed by atoms with E-state index in [0.29, 0.717) is 5.82 Å². The first-order chi connectivity index (χ1) is 24.8. The maximum atomic E-state index is 6.16. The number of nitrogens with zero attached hydrogens (tertiary/aromatic N) is 3. The van der Waals surface area contributed by atoms with Gasteiger partial charge in [-0.3, -0.25) is 0 Å². The van der Waals surface area contributed by atoms with Gasteiger partial charge in [0.05, 0.1) is 27.8 Å². The minimum atomic E-state index is 0.694. The Morgan fingerprint density at radius 2 is 1.08 bits per heavy atom. The van der Waals surface area contributed by atoms with Crippen LogP contribution in [-0.4, -0.2) is 14.4 Å². The minimum absolute atomic E-state index is 0.694. The predicted molar refractivity (Wildman–Crippen MR) is 207 cm³/mol. The highest BCUT2D eigenvalue weighted by Gasteiger charge is 2.21. The molecule has 11 rings (SSSR count). The molecule has 4 aromatic heterocycles. The molecule has 4 heterocycles. The third-order valence-electron chi connectivity index (χ3n) is 10.2. The van der Waals surface area contributed by atoms with Crippen molar-refractivity contribution in [3.63, 3.8) is 0 Å². The lowest BCUT2D eigenvalue weighted by atomic mass is 9.98. The fraction of sp³-hybridized carbons (Fsp3) is 0. The summed E-state index contributed by atoms with van der Waals surface area (Å²) in [5.74, 6) is 0.694. The Balaban J connectivity index is 1.21. The molecule has 0 spiro atoms. The van der Waals surface area contributed by atoms with E-state index in [4.69, 9.17) is 14.4 Å². The van der Waals surface area contributed by atoms with Gasteiger partial charge >= 0.3 is 0 Å². The van der Waals surface area contributed by atoms with Gasteiger partial charge < -0.3 is 8.82 Å². The molecule has 232 valence electrons. The summed E-state index contributed by atoms with van der Waals surface area (Å²) in [6.45, 7) is 0. The topological polar surface area (TPSA) is 43.3 Å². The normalized spacial score (nSPS) is 12.0. The Kier molecular flexibility index (Phi) is 5.63. The van der Waals surface area contributed by atoms with Crippen molar-refractivity contribution in [1.29, 1.82) is 0 Å². The van der Waals surface area contributed by atoms with Crippen molar-refractivity contribution in [3.8, 4) is 33.8 Å². The molecule has 50 heavy (non-hydrogen) atoms. The Hall–Kier alpha value is -6.78. The molecule has 0 aliphatic carbocycles. The zero-order valence-corrected chi connectivity index (χ0v) is 26.8. The first-order valence-electron chi connectivity index (χ1n) is 16.9. The standard InChI is InChI=1S/C46H27N3O/c1-2-12-28(13-3-1)43-36-24-22-30(27-40(36)49-39-20-10-7-15-32(39)31-14-4-5-17-34(31)45(43)49)46-47-38-19-9-6-18-35(38)44(48-46)29-23-25-42-37(26-29)33-16-8-11-21-41(33)50-42/h1-27H. The van der Waals surface area contributed by atoms with Crippen molar-refractivity contribution in [1.82, 2.24) is 14.4 Å². The average Bonchev–Trinajstić information content (AvgIpc) is 3.73. The first-order valence-corrected chi connectivity index (χ1v) is 16.9. The number of rotatable bonds is 3. The van der Waals surface area contributed by atoms with Gasteiger partial charge in [-0.25, -0.2) is 9.97 Å². The summed E-state index contributed by atoms with van der Waals surface area (Å²) >= 11 is 0. The number of hydrogen-bond donors (Lipinski definition) is 0. The molecule has 0 amide bonds.